The maximum absolute atomic E-state index is 12.1. The number of rotatable bonds is 8. The van der Waals surface area contributed by atoms with Gasteiger partial charge >= 0.3 is 0 Å². The lowest BCUT2D eigenvalue weighted by Gasteiger charge is -2.22. The first-order chi connectivity index (χ1) is 8.79. The van der Waals surface area contributed by atoms with Crippen molar-refractivity contribution in [3.8, 4) is 0 Å². The molecule has 2 N–H and O–H groups in total. The molecule has 1 aromatic carbocycles. The molecule has 0 spiro atoms. The number of para-hydroxylation sites is 1. The molecule has 18 heavy (non-hydrogen) atoms. The van der Waals surface area contributed by atoms with Crippen molar-refractivity contribution in [1.82, 2.24) is 0 Å². The Labute approximate surface area is 109 Å². The summed E-state index contributed by atoms with van der Waals surface area (Å²) in [5.41, 5.74) is 6.41. The van der Waals surface area contributed by atoms with E-state index in [-0.39, 0.29) is 12.5 Å². The summed E-state index contributed by atoms with van der Waals surface area (Å²) in [6.45, 7) is 3.98. The van der Waals surface area contributed by atoms with Gasteiger partial charge in [0.25, 0.3) is 5.91 Å². The first kappa shape index (κ1) is 14.7. The van der Waals surface area contributed by atoms with Gasteiger partial charge in [0.1, 0.15) is 6.61 Å². The van der Waals surface area contributed by atoms with Crippen molar-refractivity contribution >= 4 is 11.6 Å². The van der Waals surface area contributed by atoms with Crippen LogP contribution in [-0.4, -0.2) is 32.2 Å². The standard InChI is InChI=1S/C14H22N2O2/c1-2-11-18-12-14(17)16(10-6-9-15)13-7-4-3-5-8-13/h3-5,7-8H,2,6,9-12,15H2,1H3. The van der Waals surface area contributed by atoms with E-state index < -0.39 is 0 Å². The minimum atomic E-state index is -0.0110. The summed E-state index contributed by atoms with van der Waals surface area (Å²) in [4.78, 5) is 13.8. The second kappa shape index (κ2) is 8.66. The van der Waals surface area contributed by atoms with Crippen LogP contribution in [0.4, 0.5) is 5.69 Å². The third-order valence-electron chi connectivity index (χ3n) is 2.53. The number of benzene rings is 1. The fraction of sp³-hybridized carbons (Fsp3) is 0.500. The molecule has 4 heteroatoms. The second-order valence-corrected chi connectivity index (χ2v) is 4.08. The van der Waals surface area contributed by atoms with Crippen LogP contribution in [0.5, 0.6) is 0 Å². The van der Waals surface area contributed by atoms with E-state index in [0.717, 1.165) is 18.5 Å². The molecule has 1 amide bonds. The lowest BCUT2D eigenvalue weighted by atomic mass is 10.2. The molecule has 0 heterocycles. The molecule has 0 bridgehead atoms. The quantitative estimate of drug-likeness (QED) is 0.716. The predicted octanol–water partition coefficient (Wildman–Crippen LogP) is 1.79. The summed E-state index contributed by atoms with van der Waals surface area (Å²) in [6, 6.07) is 9.63. The molecule has 0 saturated carbocycles. The van der Waals surface area contributed by atoms with Crippen molar-refractivity contribution in [3.05, 3.63) is 30.3 Å². The Balaban J connectivity index is 2.63. The van der Waals surface area contributed by atoms with Crippen molar-refractivity contribution in [2.24, 2.45) is 5.73 Å². The number of ether oxygens (including phenoxy) is 1. The van der Waals surface area contributed by atoms with E-state index in [4.69, 9.17) is 10.5 Å². The lowest BCUT2D eigenvalue weighted by Crippen LogP contribution is -2.35. The topological polar surface area (TPSA) is 55.6 Å². The van der Waals surface area contributed by atoms with E-state index in [0.29, 0.717) is 19.7 Å². The van der Waals surface area contributed by atoms with E-state index in [1.54, 1.807) is 4.90 Å². The molecule has 0 aliphatic rings. The van der Waals surface area contributed by atoms with Crippen LogP contribution in [0.25, 0.3) is 0 Å². The van der Waals surface area contributed by atoms with Crippen LogP contribution in [-0.2, 0) is 9.53 Å². The van der Waals surface area contributed by atoms with Gasteiger partial charge in [-0.3, -0.25) is 4.79 Å². The predicted molar refractivity (Wildman–Crippen MR) is 73.6 cm³/mol. The zero-order chi connectivity index (χ0) is 13.2. The average molecular weight is 250 g/mol. The highest BCUT2D eigenvalue weighted by atomic mass is 16.5. The van der Waals surface area contributed by atoms with Crippen LogP contribution in [0.1, 0.15) is 19.8 Å². The molecule has 0 fully saturated rings. The minimum Gasteiger partial charge on any atom is -0.372 e. The molecule has 1 rings (SSSR count). The molecule has 0 aromatic heterocycles. The van der Waals surface area contributed by atoms with Gasteiger partial charge in [0.05, 0.1) is 0 Å². The minimum absolute atomic E-state index is 0.0110. The van der Waals surface area contributed by atoms with Gasteiger partial charge in [0.15, 0.2) is 0 Å². The van der Waals surface area contributed by atoms with E-state index in [9.17, 15) is 4.79 Å². The Morgan fingerprint density at radius 3 is 2.67 bits per heavy atom. The monoisotopic (exact) mass is 250 g/mol. The molecule has 4 nitrogen and oxygen atoms in total. The Kier molecular flexibility index (Phi) is 7.06. The van der Waals surface area contributed by atoms with Crippen LogP contribution in [0, 0.1) is 0 Å². The maximum atomic E-state index is 12.1. The van der Waals surface area contributed by atoms with Crippen molar-refractivity contribution < 1.29 is 9.53 Å². The summed E-state index contributed by atoms with van der Waals surface area (Å²) in [5.74, 6) is -0.0110. The Bertz CT molecular complexity index is 341. The Morgan fingerprint density at radius 1 is 1.33 bits per heavy atom. The average Bonchev–Trinajstić information content (AvgIpc) is 2.41. The highest BCUT2D eigenvalue weighted by Crippen LogP contribution is 2.13. The van der Waals surface area contributed by atoms with Crippen LogP contribution < -0.4 is 10.6 Å². The van der Waals surface area contributed by atoms with Gasteiger partial charge in [-0.2, -0.15) is 0 Å². The molecular formula is C14H22N2O2. The third-order valence-corrected chi connectivity index (χ3v) is 2.53. The van der Waals surface area contributed by atoms with Crippen molar-refractivity contribution in [2.75, 3.05) is 31.2 Å². The third kappa shape index (κ3) is 4.85. The molecule has 1 aromatic rings. The first-order valence-corrected chi connectivity index (χ1v) is 6.42. The van der Waals surface area contributed by atoms with Gasteiger partial charge in [-0.25, -0.2) is 0 Å². The zero-order valence-corrected chi connectivity index (χ0v) is 11.0. The Morgan fingerprint density at radius 2 is 2.06 bits per heavy atom. The molecule has 0 saturated heterocycles. The van der Waals surface area contributed by atoms with Gasteiger partial charge < -0.3 is 15.4 Å². The number of nitrogens with zero attached hydrogens (tertiary/aromatic N) is 1. The summed E-state index contributed by atoms with van der Waals surface area (Å²) >= 11 is 0. The normalized spacial score (nSPS) is 10.3. The van der Waals surface area contributed by atoms with Crippen molar-refractivity contribution in [1.29, 1.82) is 0 Å². The number of hydrogen-bond acceptors (Lipinski definition) is 3. The van der Waals surface area contributed by atoms with E-state index >= 15 is 0 Å². The van der Waals surface area contributed by atoms with Crippen molar-refractivity contribution in [3.63, 3.8) is 0 Å². The highest BCUT2D eigenvalue weighted by Gasteiger charge is 2.14. The smallest absolute Gasteiger partial charge is 0.252 e. The number of hydrogen-bond donors (Lipinski definition) is 1. The molecule has 0 aliphatic carbocycles. The van der Waals surface area contributed by atoms with Crippen LogP contribution >= 0.6 is 0 Å². The summed E-state index contributed by atoms with van der Waals surface area (Å²) in [7, 11) is 0. The number of carbonyl (C=O) groups is 1. The van der Waals surface area contributed by atoms with Crippen molar-refractivity contribution in [2.45, 2.75) is 19.8 Å². The SMILES string of the molecule is CCCOCC(=O)N(CCCN)c1ccccc1. The van der Waals surface area contributed by atoms with E-state index in [1.165, 1.54) is 0 Å². The molecule has 0 unspecified atom stereocenters. The second-order valence-electron chi connectivity index (χ2n) is 4.08. The number of nitrogens with two attached hydrogens (primary N) is 1. The van der Waals surface area contributed by atoms with Gasteiger partial charge in [0.2, 0.25) is 0 Å². The molecular weight excluding hydrogens is 228 g/mol. The molecule has 100 valence electrons. The summed E-state index contributed by atoms with van der Waals surface area (Å²) < 4.78 is 5.30. The van der Waals surface area contributed by atoms with E-state index in [2.05, 4.69) is 0 Å². The number of anilines is 1. The number of carbonyl (C=O) groups excluding carboxylic acids is 1. The van der Waals surface area contributed by atoms with Gasteiger partial charge in [-0.05, 0) is 31.5 Å². The van der Waals surface area contributed by atoms with Crippen LogP contribution in [0.2, 0.25) is 0 Å². The van der Waals surface area contributed by atoms with Gasteiger partial charge in [-0.15, -0.1) is 0 Å². The zero-order valence-electron chi connectivity index (χ0n) is 11.0. The maximum Gasteiger partial charge on any atom is 0.252 e. The summed E-state index contributed by atoms with van der Waals surface area (Å²) in [6.07, 6.45) is 1.70. The summed E-state index contributed by atoms with van der Waals surface area (Å²) in [5, 5.41) is 0. The van der Waals surface area contributed by atoms with Crippen LogP contribution in [0.15, 0.2) is 30.3 Å². The fourth-order valence-electron chi connectivity index (χ4n) is 1.64. The molecule has 0 atom stereocenters. The van der Waals surface area contributed by atoms with Gasteiger partial charge in [-0.1, -0.05) is 25.1 Å². The highest BCUT2D eigenvalue weighted by molar-refractivity contribution is 5.94. The van der Waals surface area contributed by atoms with Gasteiger partial charge in [0, 0.05) is 18.8 Å². The lowest BCUT2D eigenvalue weighted by molar-refractivity contribution is -0.123. The number of amides is 1. The molecule has 0 radical (unpaired) electrons. The molecule has 0 aliphatic heterocycles. The fourth-order valence-corrected chi connectivity index (χ4v) is 1.64. The van der Waals surface area contributed by atoms with Crippen LogP contribution in [0.3, 0.4) is 0 Å². The first-order valence-electron chi connectivity index (χ1n) is 6.42. The largest absolute Gasteiger partial charge is 0.372 e. The Hall–Kier alpha value is -1.39. The van der Waals surface area contributed by atoms with E-state index in [1.807, 2.05) is 37.3 Å².